The molecule has 1 aliphatic heterocycles. The lowest BCUT2D eigenvalue weighted by Crippen LogP contribution is -2.02. The fraction of sp³-hybridized carbons (Fsp3) is 0.129. The summed E-state index contributed by atoms with van der Waals surface area (Å²) < 4.78 is 22.7. The second-order valence-corrected chi connectivity index (χ2v) is 9.53. The molecule has 2 heterocycles. The van der Waals surface area contributed by atoms with Gasteiger partial charge in [-0.1, -0.05) is 54.1 Å². The van der Waals surface area contributed by atoms with E-state index in [1.165, 1.54) is 0 Å². The van der Waals surface area contributed by atoms with E-state index >= 15 is 0 Å². The van der Waals surface area contributed by atoms with Crippen molar-refractivity contribution in [3.63, 3.8) is 0 Å². The number of methoxy groups -OCH3 is 1. The minimum atomic E-state index is -1.04. The van der Waals surface area contributed by atoms with Crippen LogP contribution in [-0.2, 0) is 13.0 Å². The first-order chi connectivity index (χ1) is 19.0. The highest BCUT2D eigenvalue weighted by Crippen LogP contribution is 2.43. The molecule has 0 atom stereocenters. The Balaban J connectivity index is 1.51. The number of aromatic amines is 1. The van der Waals surface area contributed by atoms with Gasteiger partial charge in [0, 0.05) is 39.5 Å². The molecular formula is C31H24ClNO6. The predicted molar refractivity (Wildman–Crippen MR) is 148 cm³/mol. The standard InChI is InChI=1S/C31H24ClNO6/c1-36-21-9-7-18(8-10-21)16-37-25-12-11-24-29(28(30(33-24)31(34)35)19-5-3-2-4-6-19)22(25)13-20-14-26-27(15-23(20)32)39-17-38-26/h2-12,14-15,33H,13,16-17H2,1H3,(H,34,35). The highest BCUT2D eigenvalue weighted by Gasteiger charge is 2.25. The molecule has 0 saturated carbocycles. The highest BCUT2D eigenvalue weighted by atomic mass is 35.5. The molecule has 0 bridgehead atoms. The largest absolute Gasteiger partial charge is 0.497 e. The van der Waals surface area contributed by atoms with Gasteiger partial charge in [-0.25, -0.2) is 4.79 Å². The van der Waals surface area contributed by atoms with E-state index in [1.54, 1.807) is 13.2 Å². The summed E-state index contributed by atoms with van der Waals surface area (Å²) >= 11 is 6.69. The summed E-state index contributed by atoms with van der Waals surface area (Å²) in [4.78, 5) is 15.5. The number of halogens is 1. The van der Waals surface area contributed by atoms with Crippen LogP contribution < -0.4 is 18.9 Å². The molecule has 6 rings (SSSR count). The SMILES string of the molecule is COc1ccc(COc2ccc3[nH]c(C(=O)O)c(-c4ccccc4)c3c2Cc2cc3c(cc2Cl)OCO3)cc1. The summed E-state index contributed by atoms with van der Waals surface area (Å²) in [5.41, 5.74) is 4.76. The van der Waals surface area contributed by atoms with E-state index in [1.807, 2.05) is 72.8 Å². The van der Waals surface area contributed by atoms with Crippen LogP contribution >= 0.6 is 11.6 Å². The maximum absolute atomic E-state index is 12.3. The average molecular weight is 542 g/mol. The minimum Gasteiger partial charge on any atom is -0.497 e. The molecule has 5 aromatic rings. The second kappa shape index (κ2) is 10.3. The molecule has 0 fully saturated rings. The third kappa shape index (κ3) is 4.73. The predicted octanol–water partition coefficient (Wildman–Crippen LogP) is 7.09. The van der Waals surface area contributed by atoms with Crippen molar-refractivity contribution in [2.24, 2.45) is 0 Å². The van der Waals surface area contributed by atoms with Crippen molar-refractivity contribution in [3.05, 3.63) is 106 Å². The summed E-state index contributed by atoms with van der Waals surface area (Å²) in [7, 11) is 1.63. The number of H-pyrrole nitrogens is 1. The number of ether oxygens (including phenoxy) is 4. The van der Waals surface area contributed by atoms with E-state index in [0.29, 0.717) is 46.4 Å². The van der Waals surface area contributed by atoms with E-state index in [9.17, 15) is 9.90 Å². The van der Waals surface area contributed by atoms with Gasteiger partial charge in [-0.15, -0.1) is 0 Å². The van der Waals surface area contributed by atoms with E-state index in [2.05, 4.69) is 4.98 Å². The fourth-order valence-corrected chi connectivity index (χ4v) is 5.09. The van der Waals surface area contributed by atoms with E-state index in [0.717, 1.165) is 33.4 Å². The molecular weight excluding hydrogens is 518 g/mol. The number of hydrogen-bond donors (Lipinski definition) is 2. The number of aromatic nitrogens is 1. The molecule has 0 saturated heterocycles. The van der Waals surface area contributed by atoms with Gasteiger partial charge in [0.15, 0.2) is 11.5 Å². The number of fused-ring (bicyclic) bond motifs is 2. The lowest BCUT2D eigenvalue weighted by atomic mass is 9.94. The van der Waals surface area contributed by atoms with Gasteiger partial charge in [-0.2, -0.15) is 0 Å². The average Bonchev–Trinajstić information content (AvgIpc) is 3.58. The molecule has 196 valence electrons. The Labute approximate surface area is 229 Å². The van der Waals surface area contributed by atoms with Crippen molar-refractivity contribution in [2.45, 2.75) is 13.0 Å². The molecule has 8 heteroatoms. The third-order valence-electron chi connectivity index (χ3n) is 6.77. The summed E-state index contributed by atoms with van der Waals surface area (Å²) in [6, 6.07) is 24.4. The zero-order valence-electron chi connectivity index (χ0n) is 21.0. The van der Waals surface area contributed by atoms with Crippen LogP contribution in [-0.4, -0.2) is 30.0 Å². The monoisotopic (exact) mass is 541 g/mol. The second-order valence-electron chi connectivity index (χ2n) is 9.12. The first-order valence-electron chi connectivity index (χ1n) is 12.3. The van der Waals surface area contributed by atoms with Gasteiger partial charge >= 0.3 is 5.97 Å². The van der Waals surface area contributed by atoms with Crippen LogP contribution in [0.1, 0.15) is 27.2 Å². The Morgan fingerprint density at radius 3 is 2.46 bits per heavy atom. The van der Waals surface area contributed by atoms with Gasteiger partial charge in [-0.05, 0) is 47.0 Å². The molecule has 1 aliphatic rings. The Bertz CT molecular complexity index is 1680. The van der Waals surface area contributed by atoms with Crippen molar-refractivity contribution in [3.8, 4) is 34.1 Å². The highest BCUT2D eigenvalue weighted by molar-refractivity contribution is 6.31. The van der Waals surface area contributed by atoms with Crippen LogP contribution in [0.3, 0.4) is 0 Å². The number of rotatable bonds is 8. The zero-order chi connectivity index (χ0) is 26.9. The minimum absolute atomic E-state index is 0.113. The molecule has 2 N–H and O–H groups in total. The first kappa shape index (κ1) is 24.7. The summed E-state index contributed by atoms with van der Waals surface area (Å²) in [6.07, 6.45) is 0.376. The molecule has 1 aromatic heterocycles. The Hall–Kier alpha value is -4.62. The van der Waals surface area contributed by atoms with Crippen LogP contribution in [0.15, 0.2) is 78.9 Å². The summed E-state index contributed by atoms with van der Waals surface area (Å²) in [5.74, 6) is 1.56. The summed E-state index contributed by atoms with van der Waals surface area (Å²) in [6.45, 7) is 0.451. The van der Waals surface area contributed by atoms with Gasteiger partial charge in [0.1, 0.15) is 23.8 Å². The van der Waals surface area contributed by atoms with Gasteiger partial charge < -0.3 is 29.0 Å². The zero-order valence-corrected chi connectivity index (χ0v) is 21.7. The molecule has 7 nitrogen and oxygen atoms in total. The lowest BCUT2D eigenvalue weighted by Gasteiger charge is -2.16. The quantitative estimate of drug-likeness (QED) is 0.218. The molecule has 39 heavy (non-hydrogen) atoms. The van der Waals surface area contributed by atoms with Gasteiger partial charge in [-0.3, -0.25) is 0 Å². The van der Waals surface area contributed by atoms with Crippen LogP contribution in [0, 0.1) is 0 Å². The topological polar surface area (TPSA) is 90.0 Å². The first-order valence-corrected chi connectivity index (χ1v) is 12.7. The number of benzene rings is 4. The van der Waals surface area contributed by atoms with E-state index < -0.39 is 5.97 Å². The van der Waals surface area contributed by atoms with Crippen molar-refractivity contribution in [2.75, 3.05) is 13.9 Å². The van der Waals surface area contributed by atoms with Crippen molar-refractivity contribution >= 4 is 28.5 Å². The maximum Gasteiger partial charge on any atom is 0.352 e. The number of carboxylic acids is 1. The van der Waals surface area contributed by atoms with Crippen LogP contribution in [0.25, 0.3) is 22.0 Å². The third-order valence-corrected chi connectivity index (χ3v) is 7.12. The molecule has 0 radical (unpaired) electrons. The lowest BCUT2D eigenvalue weighted by molar-refractivity contribution is 0.0692. The van der Waals surface area contributed by atoms with E-state index in [4.69, 9.17) is 30.5 Å². The number of carboxylic acid groups (broad SMARTS) is 1. The van der Waals surface area contributed by atoms with Crippen molar-refractivity contribution in [1.29, 1.82) is 0 Å². The molecule has 0 spiro atoms. The number of hydrogen-bond acceptors (Lipinski definition) is 5. The Kier molecular flexibility index (Phi) is 6.50. The number of aromatic carboxylic acids is 1. The fourth-order valence-electron chi connectivity index (χ4n) is 4.87. The molecule has 0 aliphatic carbocycles. The molecule has 0 unspecified atom stereocenters. The smallest absolute Gasteiger partial charge is 0.352 e. The van der Waals surface area contributed by atoms with E-state index in [-0.39, 0.29) is 12.5 Å². The van der Waals surface area contributed by atoms with Gasteiger partial charge in [0.05, 0.1) is 7.11 Å². The normalized spacial score (nSPS) is 12.1. The Morgan fingerprint density at radius 1 is 1.00 bits per heavy atom. The Morgan fingerprint density at radius 2 is 1.74 bits per heavy atom. The van der Waals surface area contributed by atoms with Crippen LogP contribution in [0.5, 0.6) is 23.0 Å². The maximum atomic E-state index is 12.3. The van der Waals surface area contributed by atoms with Crippen molar-refractivity contribution < 1.29 is 28.8 Å². The van der Waals surface area contributed by atoms with Gasteiger partial charge in [0.2, 0.25) is 6.79 Å². The van der Waals surface area contributed by atoms with Crippen LogP contribution in [0.2, 0.25) is 5.02 Å². The molecule has 4 aromatic carbocycles. The van der Waals surface area contributed by atoms with Crippen LogP contribution in [0.4, 0.5) is 0 Å². The van der Waals surface area contributed by atoms with Crippen molar-refractivity contribution in [1.82, 2.24) is 4.98 Å². The molecule has 0 amide bonds. The number of nitrogens with one attached hydrogen (secondary N) is 1. The van der Waals surface area contributed by atoms with Gasteiger partial charge in [0.25, 0.3) is 0 Å². The number of carbonyl (C=O) groups is 1. The summed E-state index contributed by atoms with van der Waals surface area (Å²) in [5, 5.41) is 11.4.